The van der Waals surface area contributed by atoms with Crippen molar-refractivity contribution in [3.63, 3.8) is 0 Å². The van der Waals surface area contributed by atoms with Gasteiger partial charge in [0.2, 0.25) is 0 Å². The number of Topliss-reactive ketones (excluding diaryl/α,β-unsaturated/α-hetero) is 1. The van der Waals surface area contributed by atoms with Crippen molar-refractivity contribution in [1.29, 1.82) is 0 Å². The van der Waals surface area contributed by atoms with Crippen molar-refractivity contribution in [2.75, 3.05) is 0 Å². The molecule has 2 aliphatic heterocycles. The molecule has 33 heavy (non-hydrogen) atoms. The lowest BCUT2D eigenvalue weighted by Crippen LogP contribution is -2.55. The smallest absolute Gasteiger partial charge is 0.189 e. The van der Waals surface area contributed by atoms with Gasteiger partial charge in [0.25, 0.3) is 0 Å². The van der Waals surface area contributed by atoms with E-state index in [1.54, 1.807) is 0 Å². The maximum atomic E-state index is 13.6. The molecule has 0 bridgehead atoms. The molecule has 1 aromatic rings. The maximum Gasteiger partial charge on any atom is 0.189 e. The van der Waals surface area contributed by atoms with Crippen LogP contribution >= 0.6 is 0 Å². The number of epoxide rings is 1. The number of benzene rings is 1. The SMILES string of the molecule is CCCC(C(=O)c1cc(CC(C)C)c(O)c(C=O)c1O)C1CC(O)C2(OC2CCC)C(O)O1. The Labute approximate surface area is 194 Å². The second-order valence-electron chi connectivity index (χ2n) is 9.70. The number of rotatable bonds is 10. The van der Waals surface area contributed by atoms with Gasteiger partial charge in [-0.2, -0.15) is 0 Å². The van der Waals surface area contributed by atoms with Crippen LogP contribution in [0.3, 0.4) is 0 Å². The molecule has 0 saturated carbocycles. The highest BCUT2D eigenvalue weighted by Gasteiger charge is 2.69. The molecule has 2 heterocycles. The van der Waals surface area contributed by atoms with E-state index in [4.69, 9.17) is 9.47 Å². The largest absolute Gasteiger partial charge is 0.507 e. The van der Waals surface area contributed by atoms with Gasteiger partial charge in [-0.3, -0.25) is 9.59 Å². The summed E-state index contributed by atoms with van der Waals surface area (Å²) in [5, 5.41) is 42.5. The van der Waals surface area contributed by atoms with Gasteiger partial charge in [-0.05, 0) is 36.8 Å². The fourth-order valence-corrected chi connectivity index (χ4v) is 5.06. The van der Waals surface area contributed by atoms with Gasteiger partial charge in [-0.25, -0.2) is 0 Å². The van der Waals surface area contributed by atoms with Crippen molar-refractivity contribution in [3.05, 3.63) is 22.8 Å². The van der Waals surface area contributed by atoms with Gasteiger partial charge in [0.05, 0.1) is 29.4 Å². The van der Waals surface area contributed by atoms with E-state index in [0.29, 0.717) is 37.5 Å². The number of aldehydes is 1. The van der Waals surface area contributed by atoms with E-state index in [9.17, 15) is 30.0 Å². The van der Waals surface area contributed by atoms with Gasteiger partial charge in [0.15, 0.2) is 24.0 Å². The van der Waals surface area contributed by atoms with Crippen molar-refractivity contribution in [3.8, 4) is 11.5 Å². The van der Waals surface area contributed by atoms with Crippen LogP contribution in [0.5, 0.6) is 11.5 Å². The summed E-state index contributed by atoms with van der Waals surface area (Å²) in [6, 6.07) is 1.43. The lowest BCUT2D eigenvalue weighted by atomic mass is 9.80. The molecule has 6 unspecified atom stereocenters. The lowest BCUT2D eigenvalue weighted by Gasteiger charge is -2.39. The minimum absolute atomic E-state index is 0.0663. The van der Waals surface area contributed by atoms with E-state index >= 15 is 0 Å². The minimum Gasteiger partial charge on any atom is -0.507 e. The summed E-state index contributed by atoms with van der Waals surface area (Å²) in [4.78, 5) is 25.2. The van der Waals surface area contributed by atoms with Crippen molar-refractivity contribution in [1.82, 2.24) is 0 Å². The standard InChI is InChI=1S/C25H36O8/c1-5-7-15(18-11-19(27)25(24(31)32-18)20(33-25)8-6-2)22(29)16-10-14(9-13(3)4)21(28)17(12-26)23(16)30/h10,12-13,15,18-20,24,27-28,30-31H,5-9,11H2,1-4H3. The van der Waals surface area contributed by atoms with Crippen molar-refractivity contribution >= 4 is 12.1 Å². The summed E-state index contributed by atoms with van der Waals surface area (Å²) in [5.74, 6) is -1.96. The van der Waals surface area contributed by atoms with E-state index in [1.807, 2.05) is 27.7 Å². The zero-order valence-corrected chi connectivity index (χ0v) is 19.8. The summed E-state index contributed by atoms with van der Waals surface area (Å²) < 4.78 is 11.5. The Hall–Kier alpha value is -2.00. The number of ketones is 1. The number of hydrogen-bond acceptors (Lipinski definition) is 8. The first-order valence-corrected chi connectivity index (χ1v) is 11.9. The average molecular weight is 465 g/mol. The number of phenols is 2. The number of phenolic OH excluding ortho intramolecular Hbond substituents is 2. The van der Waals surface area contributed by atoms with Gasteiger partial charge in [0.1, 0.15) is 11.5 Å². The fraction of sp³-hybridized carbons (Fsp3) is 0.680. The molecule has 6 atom stereocenters. The molecule has 0 aliphatic carbocycles. The average Bonchev–Trinajstić information content (AvgIpc) is 3.47. The van der Waals surface area contributed by atoms with Gasteiger partial charge in [-0.15, -0.1) is 0 Å². The summed E-state index contributed by atoms with van der Waals surface area (Å²) in [5.41, 5.74) is -1.13. The molecule has 4 N–H and O–H groups in total. The van der Waals surface area contributed by atoms with Crippen LogP contribution in [0.15, 0.2) is 6.07 Å². The number of hydrogen-bond donors (Lipinski definition) is 4. The first-order valence-electron chi connectivity index (χ1n) is 11.9. The molecule has 0 radical (unpaired) electrons. The molecule has 8 nitrogen and oxygen atoms in total. The Kier molecular flexibility index (Phi) is 7.84. The number of carbonyl (C=O) groups is 2. The van der Waals surface area contributed by atoms with Gasteiger partial charge in [0, 0.05) is 12.3 Å². The Morgan fingerprint density at radius 3 is 2.45 bits per heavy atom. The molecule has 1 spiro atoms. The van der Waals surface area contributed by atoms with Crippen LogP contribution in [0.2, 0.25) is 0 Å². The highest BCUT2D eigenvalue weighted by atomic mass is 16.7. The van der Waals surface area contributed by atoms with E-state index < -0.39 is 41.5 Å². The third-order valence-electron chi connectivity index (χ3n) is 6.79. The predicted octanol–water partition coefficient (Wildman–Crippen LogP) is 3.11. The molecule has 0 aromatic heterocycles. The molecule has 2 fully saturated rings. The predicted molar refractivity (Wildman–Crippen MR) is 120 cm³/mol. The summed E-state index contributed by atoms with van der Waals surface area (Å²) in [7, 11) is 0. The third-order valence-corrected chi connectivity index (χ3v) is 6.79. The van der Waals surface area contributed by atoms with Crippen LogP contribution in [-0.2, 0) is 15.9 Å². The van der Waals surface area contributed by atoms with Crippen LogP contribution in [-0.4, -0.2) is 62.7 Å². The molecule has 3 rings (SSSR count). The second-order valence-corrected chi connectivity index (χ2v) is 9.70. The van der Waals surface area contributed by atoms with Crippen molar-refractivity contribution in [2.24, 2.45) is 11.8 Å². The summed E-state index contributed by atoms with van der Waals surface area (Å²) >= 11 is 0. The van der Waals surface area contributed by atoms with E-state index in [-0.39, 0.29) is 35.3 Å². The second kappa shape index (κ2) is 10.1. The Morgan fingerprint density at radius 1 is 1.21 bits per heavy atom. The molecule has 184 valence electrons. The summed E-state index contributed by atoms with van der Waals surface area (Å²) in [6.07, 6.45) is -0.0366. The monoisotopic (exact) mass is 464 g/mol. The van der Waals surface area contributed by atoms with E-state index in [2.05, 4.69) is 0 Å². The highest BCUT2D eigenvalue weighted by Crippen LogP contribution is 2.51. The molecule has 0 amide bonds. The molecular formula is C25H36O8. The topological polar surface area (TPSA) is 137 Å². The fourth-order valence-electron chi connectivity index (χ4n) is 5.06. The van der Waals surface area contributed by atoms with E-state index in [0.717, 1.165) is 6.42 Å². The van der Waals surface area contributed by atoms with Crippen molar-refractivity contribution in [2.45, 2.75) is 96.4 Å². The Bertz CT molecular complexity index is 868. The van der Waals surface area contributed by atoms with Crippen molar-refractivity contribution < 1.29 is 39.5 Å². The van der Waals surface area contributed by atoms with Crippen LogP contribution in [0.25, 0.3) is 0 Å². The number of aromatic hydroxyl groups is 2. The number of aliphatic hydroxyl groups excluding tert-OH is 2. The van der Waals surface area contributed by atoms with Crippen LogP contribution < -0.4 is 0 Å². The van der Waals surface area contributed by atoms with Gasteiger partial charge < -0.3 is 29.9 Å². The number of ether oxygens (including phenoxy) is 2. The highest BCUT2D eigenvalue weighted by molar-refractivity contribution is 6.04. The normalized spacial score (nSPS) is 29.9. The number of aliphatic hydroxyl groups is 2. The zero-order chi connectivity index (χ0) is 24.5. The molecular weight excluding hydrogens is 428 g/mol. The van der Waals surface area contributed by atoms with Gasteiger partial charge in [-0.1, -0.05) is 40.5 Å². The maximum absolute atomic E-state index is 13.6. The molecule has 1 aromatic carbocycles. The number of carbonyl (C=O) groups excluding carboxylic acids is 2. The van der Waals surface area contributed by atoms with Crippen LogP contribution in [0, 0.1) is 11.8 Å². The van der Waals surface area contributed by atoms with Gasteiger partial charge >= 0.3 is 0 Å². The molecule has 8 heteroatoms. The first kappa shape index (κ1) is 25.6. The lowest BCUT2D eigenvalue weighted by molar-refractivity contribution is -0.239. The third kappa shape index (κ3) is 4.67. The minimum atomic E-state index is -1.37. The molecule has 2 saturated heterocycles. The Balaban J connectivity index is 1.92. The Morgan fingerprint density at radius 2 is 1.91 bits per heavy atom. The van der Waals surface area contributed by atoms with Crippen LogP contribution in [0.4, 0.5) is 0 Å². The van der Waals surface area contributed by atoms with E-state index in [1.165, 1.54) is 6.07 Å². The van der Waals surface area contributed by atoms with Crippen LogP contribution in [0.1, 0.15) is 86.1 Å². The first-order chi connectivity index (χ1) is 15.6. The summed E-state index contributed by atoms with van der Waals surface area (Å²) in [6.45, 7) is 7.77. The zero-order valence-electron chi connectivity index (χ0n) is 19.8. The quantitative estimate of drug-likeness (QED) is 0.235. The molecule has 2 aliphatic rings.